The van der Waals surface area contributed by atoms with Gasteiger partial charge in [-0.15, -0.1) is 0 Å². The molecular weight excluding hydrogens is 284 g/mol. The molecule has 0 saturated heterocycles. The summed E-state index contributed by atoms with van der Waals surface area (Å²) in [5.41, 5.74) is 9.14. The van der Waals surface area contributed by atoms with Gasteiger partial charge in [0.1, 0.15) is 0 Å². The van der Waals surface area contributed by atoms with Gasteiger partial charge >= 0.3 is 0 Å². The summed E-state index contributed by atoms with van der Waals surface area (Å²) >= 11 is 5.86. The van der Waals surface area contributed by atoms with Gasteiger partial charge in [-0.2, -0.15) is 0 Å². The molecule has 3 N–H and O–H groups in total. The molecule has 0 aliphatic heterocycles. The molecule has 21 heavy (non-hydrogen) atoms. The van der Waals surface area contributed by atoms with Crippen molar-refractivity contribution >= 4 is 23.2 Å². The first-order valence-corrected chi connectivity index (χ1v) is 7.25. The third kappa shape index (κ3) is 4.23. The number of benzene rings is 2. The van der Waals surface area contributed by atoms with Crippen LogP contribution in [0.2, 0.25) is 5.02 Å². The largest absolute Gasteiger partial charge is 0.399 e. The summed E-state index contributed by atoms with van der Waals surface area (Å²) in [6, 6.07) is 13.0. The van der Waals surface area contributed by atoms with E-state index in [0.29, 0.717) is 16.3 Å². The van der Waals surface area contributed by atoms with E-state index in [1.807, 2.05) is 38.1 Å². The maximum atomic E-state index is 12.2. The Morgan fingerprint density at radius 1 is 1.24 bits per heavy atom. The summed E-state index contributed by atoms with van der Waals surface area (Å²) in [4.78, 5) is 12.2. The zero-order chi connectivity index (χ0) is 15.4. The number of halogens is 1. The third-order valence-corrected chi connectivity index (χ3v) is 3.62. The Balaban J connectivity index is 1.98. The van der Waals surface area contributed by atoms with Crippen LogP contribution < -0.4 is 11.1 Å². The Kier molecular flexibility index (Phi) is 4.86. The van der Waals surface area contributed by atoms with E-state index in [4.69, 9.17) is 17.3 Å². The first-order chi connectivity index (χ1) is 9.95. The van der Waals surface area contributed by atoms with Crippen molar-refractivity contribution in [2.45, 2.75) is 26.3 Å². The SMILES string of the molecule is Cc1cc(C(=O)NC(C)Cc2ccc(Cl)cc2)ccc1N. The van der Waals surface area contributed by atoms with Crippen molar-refractivity contribution in [1.82, 2.24) is 5.32 Å². The Labute approximate surface area is 130 Å². The van der Waals surface area contributed by atoms with E-state index in [-0.39, 0.29) is 11.9 Å². The van der Waals surface area contributed by atoms with Gasteiger partial charge in [0.2, 0.25) is 0 Å². The smallest absolute Gasteiger partial charge is 0.251 e. The summed E-state index contributed by atoms with van der Waals surface area (Å²) in [5, 5.41) is 3.71. The highest BCUT2D eigenvalue weighted by atomic mass is 35.5. The van der Waals surface area contributed by atoms with Crippen LogP contribution in [-0.2, 0) is 6.42 Å². The van der Waals surface area contributed by atoms with Crippen LogP contribution in [0, 0.1) is 6.92 Å². The van der Waals surface area contributed by atoms with Crippen LogP contribution in [-0.4, -0.2) is 11.9 Å². The fourth-order valence-electron chi connectivity index (χ4n) is 2.15. The number of hydrogen-bond donors (Lipinski definition) is 2. The number of nitrogen functional groups attached to an aromatic ring is 1. The number of anilines is 1. The minimum absolute atomic E-state index is 0.0385. The molecule has 0 bridgehead atoms. The lowest BCUT2D eigenvalue weighted by molar-refractivity contribution is 0.0940. The van der Waals surface area contributed by atoms with Crippen molar-refractivity contribution in [2.24, 2.45) is 0 Å². The van der Waals surface area contributed by atoms with Crippen molar-refractivity contribution in [1.29, 1.82) is 0 Å². The van der Waals surface area contributed by atoms with E-state index in [0.717, 1.165) is 17.5 Å². The van der Waals surface area contributed by atoms with Gasteiger partial charge in [-0.1, -0.05) is 23.7 Å². The molecule has 1 atom stereocenters. The van der Waals surface area contributed by atoms with Crippen LogP contribution in [0.4, 0.5) is 5.69 Å². The Bertz CT molecular complexity index is 638. The average Bonchev–Trinajstić information content (AvgIpc) is 2.44. The van der Waals surface area contributed by atoms with Crippen LogP contribution >= 0.6 is 11.6 Å². The number of hydrogen-bond acceptors (Lipinski definition) is 2. The highest BCUT2D eigenvalue weighted by molar-refractivity contribution is 6.30. The molecule has 2 rings (SSSR count). The van der Waals surface area contributed by atoms with Crippen molar-refractivity contribution in [3.05, 3.63) is 64.2 Å². The Morgan fingerprint density at radius 2 is 1.90 bits per heavy atom. The molecule has 3 nitrogen and oxygen atoms in total. The molecule has 0 heterocycles. The van der Waals surface area contributed by atoms with Gasteiger partial charge in [0, 0.05) is 22.3 Å². The minimum Gasteiger partial charge on any atom is -0.399 e. The molecule has 0 fully saturated rings. The van der Waals surface area contributed by atoms with Crippen LogP contribution in [0.5, 0.6) is 0 Å². The second-order valence-electron chi connectivity index (χ2n) is 5.28. The van der Waals surface area contributed by atoms with Crippen LogP contribution in [0.3, 0.4) is 0 Å². The van der Waals surface area contributed by atoms with Gasteiger partial charge in [0.25, 0.3) is 5.91 Å². The lowest BCUT2D eigenvalue weighted by atomic mass is 10.1. The number of carbonyl (C=O) groups is 1. The Hall–Kier alpha value is -2.00. The number of nitrogens with two attached hydrogens (primary N) is 1. The maximum Gasteiger partial charge on any atom is 0.251 e. The number of carbonyl (C=O) groups excluding carboxylic acids is 1. The first-order valence-electron chi connectivity index (χ1n) is 6.87. The quantitative estimate of drug-likeness (QED) is 0.848. The van der Waals surface area contributed by atoms with Gasteiger partial charge in [-0.05, 0) is 61.7 Å². The maximum absolute atomic E-state index is 12.2. The monoisotopic (exact) mass is 302 g/mol. The Morgan fingerprint density at radius 3 is 2.52 bits per heavy atom. The van der Waals surface area contributed by atoms with Crippen molar-refractivity contribution < 1.29 is 4.79 Å². The molecule has 2 aromatic rings. The van der Waals surface area contributed by atoms with E-state index in [1.54, 1.807) is 18.2 Å². The zero-order valence-electron chi connectivity index (χ0n) is 12.2. The number of amides is 1. The molecule has 1 amide bonds. The van der Waals surface area contributed by atoms with Gasteiger partial charge < -0.3 is 11.1 Å². The molecule has 0 aliphatic carbocycles. The van der Waals surface area contributed by atoms with Gasteiger partial charge in [0.05, 0.1) is 0 Å². The standard InChI is InChI=1S/C17H19ClN2O/c1-11-9-14(5-8-16(11)19)17(21)20-12(2)10-13-3-6-15(18)7-4-13/h3-9,12H,10,19H2,1-2H3,(H,20,21). The van der Waals surface area contributed by atoms with Gasteiger partial charge in [0.15, 0.2) is 0 Å². The molecule has 0 spiro atoms. The van der Waals surface area contributed by atoms with Crippen molar-refractivity contribution in [2.75, 3.05) is 5.73 Å². The second-order valence-corrected chi connectivity index (χ2v) is 5.71. The molecule has 0 aliphatic rings. The predicted octanol–water partition coefficient (Wildman–Crippen LogP) is 3.59. The summed E-state index contributed by atoms with van der Waals surface area (Å²) in [7, 11) is 0. The van der Waals surface area contributed by atoms with E-state index >= 15 is 0 Å². The topological polar surface area (TPSA) is 55.1 Å². The molecule has 1 unspecified atom stereocenters. The van der Waals surface area contributed by atoms with E-state index in [2.05, 4.69) is 5.32 Å². The number of nitrogens with one attached hydrogen (secondary N) is 1. The van der Waals surface area contributed by atoms with Crippen LogP contribution in [0.25, 0.3) is 0 Å². The average molecular weight is 303 g/mol. The summed E-state index contributed by atoms with van der Waals surface area (Å²) in [6.07, 6.45) is 0.761. The van der Waals surface area contributed by atoms with E-state index in [1.165, 1.54) is 0 Å². The molecule has 2 aromatic carbocycles. The molecule has 110 valence electrons. The molecule has 0 aromatic heterocycles. The normalized spacial score (nSPS) is 12.0. The van der Waals surface area contributed by atoms with E-state index < -0.39 is 0 Å². The molecule has 0 radical (unpaired) electrons. The molecular formula is C17H19ClN2O. The number of aryl methyl sites for hydroxylation is 1. The van der Waals surface area contributed by atoms with E-state index in [9.17, 15) is 4.79 Å². The van der Waals surface area contributed by atoms with Gasteiger partial charge in [-0.3, -0.25) is 4.79 Å². The number of rotatable bonds is 4. The summed E-state index contributed by atoms with van der Waals surface area (Å²) < 4.78 is 0. The van der Waals surface area contributed by atoms with Crippen LogP contribution in [0.1, 0.15) is 28.4 Å². The third-order valence-electron chi connectivity index (χ3n) is 3.36. The first kappa shape index (κ1) is 15.4. The molecule has 0 saturated carbocycles. The summed E-state index contributed by atoms with van der Waals surface area (Å²) in [5.74, 6) is -0.0837. The second kappa shape index (κ2) is 6.64. The van der Waals surface area contributed by atoms with Crippen molar-refractivity contribution in [3.8, 4) is 0 Å². The van der Waals surface area contributed by atoms with Crippen molar-refractivity contribution in [3.63, 3.8) is 0 Å². The lowest BCUT2D eigenvalue weighted by Crippen LogP contribution is -2.34. The highest BCUT2D eigenvalue weighted by Gasteiger charge is 2.11. The zero-order valence-corrected chi connectivity index (χ0v) is 12.9. The lowest BCUT2D eigenvalue weighted by Gasteiger charge is -2.14. The fraction of sp³-hybridized carbons (Fsp3) is 0.235. The highest BCUT2D eigenvalue weighted by Crippen LogP contribution is 2.14. The summed E-state index contributed by atoms with van der Waals surface area (Å²) in [6.45, 7) is 3.87. The van der Waals surface area contributed by atoms with Gasteiger partial charge in [-0.25, -0.2) is 0 Å². The minimum atomic E-state index is -0.0837. The fourth-order valence-corrected chi connectivity index (χ4v) is 2.28. The van der Waals surface area contributed by atoms with Crippen LogP contribution in [0.15, 0.2) is 42.5 Å². The predicted molar refractivity (Wildman–Crippen MR) is 87.7 cm³/mol. The molecule has 4 heteroatoms.